The molecule has 2 aromatic heterocycles. The van der Waals surface area contributed by atoms with Gasteiger partial charge < -0.3 is 5.32 Å². The lowest BCUT2D eigenvalue weighted by Gasteiger charge is -2.03. The van der Waals surface area contributed by atoms with Crippen molar-refractivity contribution in [3.63, 3.8) is 0 Å². The molecule has 0 aliphatic rings. The number of hydrogen-bond donors (Lipinski definition) is 1. The predicted octanol–water partition coefficient (Wildman–Crippen LogP) is 2.78. The lowest BCUT2D eigenvalue weighted by atomic mass is 10.3. The zero-order valence-electron chi connectivity index (χ0n) is 12.3. The Bertz CT molecular complexity index is 711. The molecule has 3 rings (SSSR count). The number of para-hydroxylation sites is 1. The SMILES string of the molecule is CCc1nn(C)cc1NCc1cnn(-c2ccccc2)c1. The lowest BCUT2D eigenvalue weighted by Crippen LogP contribution is -2.00. The van der Waals surface area contributed by atoms with E-state index < -0.39 is 0 Å². The molecule has 108 valence electrons. The molecular weight excluding hydrogens is 262 g/mol. The highest BCUT2D eigenvalue weighted by Crippen LogP contribution is 2.15. The van der Waals surface area contributed by atoms with E-state index in [1.54, 1.807) is 0 Å². The summed E-state index contributed by atoms with van der Waals surface area (Å²) in [7, 11) is 1.94. The maximum Gasteiger partial charge on any atom is 0.0853 e. The molecule has 0 saturated heterocycles. The van der Waals surface area contributed by atoms with Crippen molar-refractivity contribution in [1.82, 2.24) is 19.6 Å². The minimum atomic E-state index is 0.742. The molecular formula is C16H19N5. The Morgan fingerprint density at radius 2 is 1.95 bits per heavy atom. The molecule has 1 aromatic carbocycles. The first-order valence-electron chi connectivity index (χ1n) is 7.11. The highest BCUT2D eigenvalue weighted by molar-refractivity contribution is 5.46. The fraction of sp³-hybridized carbons (Fsp3) is 0.250. The maximum atomic E-state index is 4.43. The Hall–Kier alpha value is -2.56. The van der Waals surface area contributed by atoms with Gasteiger partial charge in [-0.2, -0.15) is 10.2 Å². The molecule has 2 heterocycles. The average molecular weight is 281 g/mol. The molecule has 0 radical (unpaired) electrons. The van der Waals surface area contributed by atoms with Crippen LogP contribution in [0, 0.1) is 0 Å². The molecule has 0 aliphatic heterocycles. The second-order valence-electron chi connectivity index (χ2n) is 5.00. The summed E-state index contributed by atoms with van der Waals surface area (Å²) < 4.78 is 3.73. The quantitative estimate of drug-likeness (QED) is 0.782. The Kier molecular flexibility index (Phi) is 3.73. The molecule has 0 bridgehead atoms. The summed E-state index contributed by atoms with van der Waals surface area (Å²) in [5.74, 6) is 0. The highest BCUT2D eigenvalue weighted by Gasteiger charge is 2.06. The molecule has 5 nitrogen and oxygen atoms in total. The second kappa shape index (κ2) is 5.83. The average Bonchev–Trinajstić information content (AvgIpc) is 3.12. The molecule has 0 amide bonds. The van der Waals surface area contributed by atoms with Gasteiger partial charge in [-0.15, -0.1) is 0 Å². The lowest BCUT2D eigenvalue weighted by molar-refractivity contribution is 0.746. The fourth-order valence-electron chi connectivity index (χ4n) is 2.31. The molecule has 21 heavy (non-hydrogen) atoms. The topological polar surface area (TPSA) is 47.7 Å². The summed E-state index contributed by atoms with van der Waals surface area (Å²) in [6.45, 7) is 2.85. The van der Waals surface area contributed by atoms with E-state index >= 15 is 0 Å². The van der Waals surface area contributed by atoms with E-state index in [-0.39, 0.29) is 0 Å². The number of aromatic nitrogens is 4. The van der Waals surface area contributed by atoms with Crippen molar-refractivity contribution >= 4 is 5.69 Å². The summed E-state index contributed by atoms with van der Waals surface area (Å²) in [4.78, 5) is 0. The van der Waals surface area contributed by atoms with Gasteiger partial charge >= 0.3 is 0 Å². The maximum absolute atomic E-state index is 4.43. The van der Waals surface area contributed by atoms with Crippen LogP contribution in [0.15, 0.2) is 48.9 Å². The van der Waals surface area contributed by atoms with Gasteiger partial charge in [0.05, 0.1) is 23.3 Å². The number of nitrogens with one attached hydrogen (secondary N) is 1. The van der Waals surface area contributed by atoms with Crippen LogP contribution in [-0.4, -0.2) is 19.6 Å². The van der Waals surface area contributed by atoms with Gasteiger partial charge in [0.15, 0.2) is 0 Å². The number of rotatable bonds is 5. The van der Waals surface area contributed by atoms with Crippen LogP contribution < -0.4 is 5.32 Å². The third-order valence-electron chi connectivity index (χ3n) is 3.38. The summed E-state index contributed by atoms with van der Waals surface area (Å²) in [6.07, 6.45) is 6.87. The molecule has 0 fully saturated rings. The van der Waals surface area contributed by atoms with Gasteiger partial charge in [-0.3, -0.25) is 4.68 Å². The second-order valence-corrected chi connectivity index (χ2v) is 5.00. The summed E-state index contributed by atoms with van der Waals surface area (Å²) in [5.41, 5.74) is 4.39. The van der Waals surface area contributed by atoms with E-state index in [0.29, 0.717) is 0 Å². The van der Waals surface area contributed by atoms with E-state index in [1.807, 2.05) is 65.3 Å². The van der Waals surface area contributed by atoms with Crippen LogP contribution in [0.4, 0.5) is 5.69 Å². The molecule has 0 aliphatic carbocycles. The van der Waals surface area contributed by atoms with Gasteiger partial charge in [0.1, 0.15) is 0 Å². The van der Waals surface area contributed by atoms with Crippen molar-refractivity contribution in [2.24, 2.45) is 7.05 Å². The Labute approximate surface area is 124 Å². The standard InChI is InChI=1S/C16H19N5/c1-3-15-16(12-20(2)19-15)17-9-13-10-18-21(11-13)14-7-5-4-6-8-14/h4-8,10-12,17H,3,9H2,1-2H3. The zero-order valence-corrected chi connectivity index (χ0v) is 12.3. The van der Waals surface area contributed by atoms with E-state index in [1.165, 1.54) is 0 Å². The third-order valence-corrected chi connectivity index (χ3v) is 3.38. The molecule has 0 unspecified atom stereocenters. The van der Waals surface area contributed by atoms with Gasteiger partial charge in [0, 0.05) is 31.5 Å². The smallest absolute Gasteiger partial charge is 0.0853 e. The monoisotopic (exact) mass is 281 g/mol. The molecule has 1 N–H and O–H groups in total. The highest BCUT2D eigenvalue weighted by atomic mass is 15.3. The Morgan fingerprint density at radius 1 is 1.14 bits per heavy atom. The fourth-order valence-corrected chi connectivity index (χ4v) is 2.31. The van der Waals surface area contributed by atoms with E-state index in [2.05, 4.69) is 22.4 Å². The van der Waals surface area contributed by atoms with Crippen LogP contribution in [0.5, 0.6) is 0 Å². The van der Waals surface area contributed by atoms with E-state index in [0.717, 1.165) is 35.6 Å². The number of hydrogen-bond acceptors (Lipinski definition) is 3. The van der Waals surface area contributed by atoms with Crippen LogP contribution in [0.3, 0.4) is 0 Å². The minimum Gasteiger partial charge on any atom is -0.378 e. The van der Waals surface area contributed by atoms with Crippen LogP contribution in [0.2, 0.25) is 0 Å². The van der Waals surface area contributed by atoms with Gasteiger partial charge in [-0.1, -0.05) is 25.1 Å². The van der Waals surface area contributed by atoms with Crippen LogP contribution in [0.25, 0.3) is 5.69 Å². The van der Waals surface area contributed by atoms with Crippen molar-refractivity contribution in [3.8, 4) is 5.69 Å². The van der Waals surface area contributed by atoms with Crippen molar-refractivity contribution in [2.45, 2.75) is 19.9 Å². The number of benzene rings is 1. The predicted molar refractivity (Wildman–Crippen MR) is 83.5 cm³/mol. The molecule has 0 saturated carbocycles. The first-order chi connectivity index (χ1) is 10.3. The normalized spacial score (nSPS) is 10.8. The zero-order chi connectivity index (χ0) is 14.7. The summed E-state index contributed by atoms with van der Waals surface area (Å²) in [5, 5.41) is 12.3. The van der Waals surface area contributed by atoms with Crippen molar-refractivity contribution < 1.29 is 0 Å². The van der Waals surface area contributed by atoms with Crippen LogP contribution in [-0.2, 0) is 20.0 Å². The van der Waals surface area contributed by atoms with Gasteiger partial charge in [-0.05, 0) is 18.6 Å². The van der Waals surface area contributed by atoms with Gasteiger partial charge in [0.25, 0.3) is 0 Å². The Balaban J connectivity index is 1.70. The van der Waals surface area contributed by atoms with Crippen molar-refractivity contribution in [2.75, 3.05) is 5.32 Å². The molecule has 3 aromatic rings. The largest absolute Gasteiger partial charge is 0.378 e. The van der Waals surface area contributed by atoms with E-state index in [9.17, 15) is 0 Å². The molecule has 5 heteroatoms. The van der Waals surface area contributed by atoms with Crippen LogP contribution in [0.1, 0.15) is 18.2 Å². The van der Waals surface area contributed by atoms with E-state index in [4.69, 9.17) is 0 Å². The number of nitrogens with zero attached hydrogens (tertiary/aromatic N) is 4. The number of anilines is 1. The number of aryl methyl sites for hydroxylation is 2. The molecule has 0 atom stereocenters. The van der Waals surface area contributed by atoms with Crippen molar-refractivity contribution in [3.05, 3.63) is 60.2 Å². The van der Waals surface area contributed by atoms with Gasteiger partial charge in [-0.25, -0.2) is 4.68 Å². The Morgan fingerprint density at radius 3 is 2.71 bits per heavy atom. The first-order valence-corrected chi connectivity index (χ1v) is 7.11. The summed E-state index contributed by atoms with van der Waals surface area (Å²) >= 11 is 0. The third kappa shape index (κ3) is 2.97. The summed E-state index contributed by atoms with van der Waals surface area (Å²) in [6, 6.07) is 10.1. The first kappa shape index (κ1) is 13.4. The minimum absolute atomic E-state index is 0.742. The van der Waals surface area contributed by atoms with Crippen LogP contribution >= 0.6 is 0 Å². The van der Waals surface area contributed by atoms with Gasteiger partial charge in [0.2, 0.25) is 0 Å². The van der Waals surface area contributed by atoms with Crippen molar-refractivity contribution in [1.29, 1.82) is 0 Å². The molecule has 0 spiro atoms.